The second-order valence-electron chi connectivity index (χ2n) is 11.5. The van der Waals surface area contributed by atoms with Crippen LogP contribution in [0.15, 0.2) is 36.4 Å². The second kappa shape index (κ2) is 9.15. The highest BCUT2D eigenvalue weighted by atomic mass is 19.4. The first-order valence-corrected chi connectivity index (χ1v) is 12.9. The first-order chi connectivity index (χ1) is 18.7. The zero-order chi connectivity index (χ0) is 31.1. The van der Waals surface area contributed by atoms with E-state index >= 15 is 0 Å². The van der Waals surface area contributed by atoms with Crippen molar-refractivity contribution in [3.63, 3.8) is 0 Å². The van der Waals surface area contributed by atoms with Gasteiger partial charge in [-0.25, -0.2) is 0 Å². The Hall–Kier alpha value is -3.70. The molecule has 0 aliphatic carbocycles. The van der Waals surface area contributed by atoms with Crippen LogP contribution in [0.5, 0.6) is 0 Å². The number of nitrogens with zero attached hydrogens (tertiary/aromatic N) is 2. The zero-order valence-corrected chi connectivity index (χ0v) is 23.2. The smallest absolute Gasteiger partial charge is 0.269 e. The Balaban J connectivity index is 1.99. The van der Waals surface area contributed by atoms with Crippen molar-refractivity contribution >= 4 is 23.6 Å². The van der Waals surface area contributed by atoms with E-state index in [9.17, 15) is 45.5 Å². The van der Waals surface area contributed by atoms with E-state index in [0.29, 0.717) is 24.3 Å². The predicted molar refractivity (Wildman–Crippen MR) is 136 cm³/mol. The lowest BCUT2D eigenvalue weighted by atomic mass is 9.71. The van der Waals surface area contributed by atoms with Crippen LogP contribution in [-0.4, -0.2) is 56.9 Å². The van der Waals surface area contributed by atoms with Crippen molar-refractivity contribution in [2.24, 2.45) is 0 Å². The number of carbonyl (C=O) groups is 4. The van der Waals surface area contributed by atoms with Gasteiger partial charge in [-0.2, -0.15) is 26.3 Å². The first-order valence-electron chi connectivity index (χ1n) is 12.9. The monoisotopic (exact) mass is 582 g/mol. The van der Waals surface area contributed by atoms with E-state index in [1.165, 1.54) is 0 Å². The molecule has 4 amide bonds. The van der Waals surface area contributed by atoms with Gasteiger partial charge >= 0.3 is 12.4 Å². The van der Waals surface area contributed by atoms with E-state index in [0.717, 1.165) is 21.9 Å². The third kappa shape index (κ3) is 4.08. The minimum Gasteiger partial charge on any atom is -0.269 e. The number of fused-ring (bicyclic) bond motifs is 2. The zero-order valence-electron chi connectivity index (χ0n) is 23.2. The van der Waals surface area contributed by atoms with Gasteiger partial charge in [-0.1, -0.05) is 26.0 Å². The number of hydrogen-bond acceptors (Lipinski definition) is 4. The van der Waals surface area contributed by atoms with Gasteiger partial charge in [0.05, 0.1) is 22.3 Å². The molecule has 0 fully saturated rings. The fourth-order valence-electron chi connectivity index (χ4n) is 5.35. The maximum absolute atomic E-state index is 14.9. The largest absolute Gasteiger partial charge is 0.411 e. The summed E-state index contributed by atoms with van der Waals surface area (Å²) in [6, 6.07) is 3.54. The molecule has 12 heteroatoms. The maximum Gasteiger partial charge on any atom is 0.411 e. The van der Waals surface area contributed by atoms with Gasteiger partial charge in [-0.05, 0) is 75.9 Å². The fourth-order valence-corrected chi connectivity index (χ4v) is 5.35. The van der Waals surface area contributed by atoms with Gasteiger partial charge in [-0.3, -0.25) is 29.0 Å². The fraction of sp³-hybridized carbons (Fsp3) is 0.448. The lowest BCUT2D eigenvalue weighted by molar-refractivity contribution is -0.288. The van der Waals surface area contributed by atoms with E-state index in [1.807, 2.05) is 0 Å². The molecule has 41 heavy (non-hydrogen) atoms. The number of rotatable bonds is 6. The molecule has 220 valence electrons. The number of alkyl halides is 6. The summed E-state index contributed by atoms with van der Waals surface area (Å²) in [5.74, 6) is -3.67. The highest BCUT2D eigenvalue weighted by molar-refractivity contribution is 6.22. The van der Waals surface area contributed by atoms with Crippen molar-refractivity contribution < 1.29 is 45.5 Å². The molecule has 0 saturated carbocycles. The number of carbonyl (C=O) groups excluding carboxylic acids is 4. The van der Waals surface area contributed by atoms with E-state index in [1.54, 1.807) is 41.5 Å². The molecule has 4 rings (SSSR count). The van der Waals surface area contributed by atoms with Crippen LogP contribution in [0.25, 0.3) is 0 Å². The number of halogens is 6. The van der Waals surface area contributed by atoms with Crippen LogP contribution >= 0.6 is 0 Å². The molecule has 6 nitrogen and oxygen atoms in total. The summed E-state index contributed by atoms with van der Waals surface area (Å²) < 4.78 is 89.3. The summed E-state index contributed by atoms with van der Waals surface area (Å²) in [7, 11) is 0. The number of amides is 4. The van der Waals surface area contributed by atoms with E-state index < -0.39 is 74.7 Å². The standard InChI is InChI=1S/C29H28F6N2O4/c1-7-25(3,4)36-21(38)17-11-9-15(13-19(17)23(36)40)27(28(30,31)32,29(33,34)35)16-10-12-18-20(14-16)24(41)37(22(18)39)26(5,6)8-2/h9-14H,7-8H2,1-6H3. The van der Waals surface area contributed by atoms with Crippen LogP contribution in [0, 0.1) is 0 Å². The molecule has 0 saturated heterocycles. The molecule has 2 aromatic carbocycles. The molecule has 2 aromatic rings. The second-order valence-corrected chi connectivity index (χ2v) is 11.5. The van der Waals surface area contributed by atoms with Gasteiger partial charge in [0.15, 0.2) is 0 Å². The summed E-state index contributed by atoms with van der Waals surface area (Å²) in [5.41, 5.74) is -11.3. The Bertz CT molecular complexity index is 1380. The molecule has 0 spiro atoms. The molecule has 0 bridgehead atoms. The highest BCUT2D eigenvalue weighted by Crippen LogP contribution is 2.57. The summed E-state index contributed by atoms with van der Waals surface area (Å²) >= 11 is 0. The summed E-state index contributed by atoms with van der Waals surface area (Å²) in [6.45, 7) is 9.56. The summed E-state index contributed by atoms with van der Waals surface area (Å²) in [5, 5.41) is 0. The number of hydrogen-bond donors (Lipinski definition) is 0. The predicted octanol–water partition coefficient (Wildman–Crippen LogP) is 6.67. The van der Waals surface area contributed by atoms with Crippen LogP contribution in [0.1, 0.15) is 107 Å². The highest BCUT2D eigenvalue weighted by Gasteiger charge is 2.73. The molecule has 0 radical (unpaired) electrons. The third-order valence-electron chi connectivity index (χ3n) is 8.43. The quantitative estimate of drug-likeness (QED) is 0.282. The molecule has 2 heterocycles. The Morgan fingerprint density at radius 2 is 0.829 bits per heavy atom. The van der Waals surface area contributed by atoms with Crippen molar-refractivity contribution in [1.82, 2.24) is 9.80 Å². The topological polar surface area (TPSA) is 74.8 Å². The number of benzene rings is 2. The van der Waals surface area contributed by atoms with Crippen LogP contribution < -0.4 is 0 Å². The lowest BCUT2D eigenvalue weighted by Gasteiger charge is -2.38. The Morgan fingerprint density at radius 3 is 1.10 bits per heavy atom. The molecular weight excluding hydrogens is 554 g/mol. The Kier molecular flexibility index (Phi) is 6.76. The van der Waals surface area contributed by atoms with Gasteiger partial charge in [0, 0.05) is 11.1 Å². The average molecular weight is 583 g/mol. The molecule has 2 aliphatic heterocycles. The van der Waals surface area contributed by atoms with Gasteiger partial charge in [0.1, 0.15) is 0 Å². The van der Waals surface area contributed by atoms with Crippen molar-refractivity contribution in [1.29, 1.82) is 0 Å². The van der Waals surface area contributed by atoms with Crippen LogP contribution in [0.3, 0.4) is 0 Å². The van der Waals surface area contributed by atoms with Crippen LogP contribution in [0.2, 0.25) is 0 Å². The minimum absolute atomic E-state index is 0.286. The maximum atomic E-state index is 14.9. The van der Waals surface area contributed by atoms with E-state index in [-0.39, 0.29) is 24.0 Å². The molecule has 0 aromatic heterocycles. The normalized spacial score (nSPS) is 16.6. The van der Waals surface area contributed by atoms with Gasteiger partial charge in [-0.15, -0.1) is 0 Å². The van der Waals surface area contributed by atoms with E-state index in [4.69, 9.17) is 0 Å². The van der Waals surface area contributed by atoms with Crippen molar-refractivity contribution in [2.45, 2.75) is 83.2 Å². The van der Waals surface area contributed by atoms with Crippen LogP contribution in [-0.2, 0) is 5.41 Å². The van der Waals surface area contributed by atoms with Crippen molar-refractivity contribution in [2.75, 3.05) is 0 Å². The lowest BCUT2D eigenvalue weighted by Crippen LogP contribution is -2.55. The van der Waals surface area contributed by atoms with Crippen LogP contribution in [0.4, 0.5) is 26.3 Å². The summed E-state index contributed by atoms with van der Waals surface area (Å²) in [4.78, 5) is 53.9. The van der Waals surface area contributed by atoms with E-state index in [2.05, 4.69) is 0 Å². The molecule has 0 unspecified atom stereocenters. The molecule has 0 atom stereocenters. The third-order valence-corrected chi connectivity index (χ3v) is 8.43. The summed E-state index contributed by atoms with van der Waals surface area (Å²) in [6.07, 6.45) is -11.5. The minimum atomic E-state index is -6.02. The van der Waals surface area contributed by atoms with Gasteiger partial charge in [0.2, 0.25) is 5.41 Å². The first kappa shape index (κ1) is 30.3. The average Bonchev–Trinajstić information content (AvgIpc) is 3.27. The Labute approximate surface area is 232 Å². The Morgan fingerprint density at radius 1 is 0.537 bits per heavy atom. The van der Waals surface area contributed by atoms with Gasteiger partial charge < -0.3 is 0 Å². The van der Waals surface area contributed by atoms with Crippen molar-refractivity contribution in [3.8, 4) is 0 Å². The van der Waals surface area contributed by atoms with Gasteiger partial charge in [0.25, 0.3) is 23.6 Å². The number of imide groups is 2. The SMILES string of the molecule is CCC(C)(C)N1C(=O)c2ccc(C(c3ccc4c(c3)C(=O)N(C(C)(C)CC)C4=O)(C(F)(F)F)C(F)(F)F)cc2C1=O. The van der Waals surface area contributed by atoms with Crippen molar-refractivity contribution in [3.05, 3.63) is 69.8 Å². The molecule has 2 aliphatic rings. The molecule has 0 N–H and O–H groups in total. The molecular formula is C29H28F6N2O4.